The molecule has 1 aromatic heterocycles. The minimum Gasteiger partial charge on any atom is -0.329 e. The van der Waals surface area contributed by atoms with E-state index in [1.165, 1.54) is 11.3 Å². The zero-order valence-electron chi connectivity index (χ0n) is 16.1. The molecule has 146 valence electrons. The molecule has 0 fully saturated rings. The van der Waals surface area contributed by atoms with E-state index in [2.05, 4.69) is 31.1 Å². The van der Waals surface area contributed by atoms with Crippen LogP contribution in [0.1, 0.15) is 27.3 Å². The summed E-state index contributed by atoms with van der Waals surface area (Å²) in [5.74, 6) is -0.395. The summed E-state index contributed by atoms with van der Waals surface area (Å²) in [5, 5.41) is 3.37. The van der Waals surface area contributed by atoms with E-state index in [1.54, 1.807) is 17.0 Å². The molecular weight excluding hydrogens is 428 g/mol. The topological polar surface area (TPSA) is 65.5 Å². The number of carbonyl (C=O) groups is 2. The first-order valence-corrected chi connectivity index (χ1v) is 10.3. The molecule has 0 aliphatic rings. The first-order chi connectivity index (χ1) is 12.8. The predicted molar refractivity (Wildman–Crippen MR) is 113 cm³/mol. The number of hydrogen-bond donors (Lipinski definition) is 1. The van der Waals surface area contributed by atoms with Crippen LogP contribution in [0, 0.1) is 13.8 Å². The lowest BCUT2D eigenvalue weighted by Gasteiger charge is -2.23. The lowest BCUT2D eigenvalue weighted by molar-refractivity contribution is -0.116. The predicted octanol–water partition coefficient (Wildman–Crippen LogP) is 3.56. The normalized spacial score (nSPS) is 10.9. The summed E-state index contributed by atoms with van der Waals surface area (Å²) in [5.41, 5.74) is 1.46. The molecule has 0 saturated heterocycles. The minimum absolute atomic E-state index is 0.00352. The van der Waals surface area contributed by atoms with Gasteiger partial charge in [-0.1, -0.05) is 22.0 Å². The van der Waals surface area contributed by atoms with Crippen molar-refractivity contribution in [3.8, 4) is 0 Å². The van der Waals surface area contributed by atoms with Crippen LogP contribution in [-0.2, 0) is 4.79 Å². The summed E-state index contributed by atoms with van der Waals surface area (Å²) in [6, 6.07) is 7.22. The summed E-state index contributed by atoms with van der Waals surface area (Å²) in [7, 11) is 3.97. The van der Waals surface area contributed by atoms with Gasteiger partial charge >= 0.3 is 0 Å². The Hall–Kier alpha value is -1.77. The second-order valence-electron chi connectivity index (χ2n) is 6.60. The fourth-order valence-corrected chi connectivity index (χ4v) is 3.72. The first-order valence-electron chi connectivity index (χ1n) is 8.69. The summed E-state index contributed by atoms with van der Waals surface area (Å²) < 4.78 is 0.833. The van der Waals surface area contributed by atoms with Crippen molar-refractivity contribution in [2.24, 2.45) is 0 Å². The number of halogens is 1. The number of aromatic nitrogens is 1. The molecule has 2 aromatic rings. The Bertz CT molecular complexity index is 787. The van der Waals surface area contributed by atoms with Crippen molar-refractivity contribution in [3.63, 3.8) is 0 Å². The smallest absolute Gasteiger partial charge is 0.254 e. The maximum Gasteiger partial charge on any atom is 0.254 e. The zero-order chi connectivity index (χ0) is 20.0. The molecule has 2 amide bonds. The van der Waals surface area contributed by atoms with Crippen molar-refractivity contribution in [1.82, 2.24) is 14.8 Å². The third-order valence-corrected chi connectivity index (χ3v) is 5.48. The number of amides is 2. The van der Waals surface area contributed by atoms with Gasteiger partial charge in [-0.2, -0.15) is 0 Å². The van der Waals surface area contributed by atoms with E-state index >= 15 is 0 Å². The number of nitrogens with one attached hydrogen (secondary N) is 1. The quantitative estimate of drug-likeness (QED) is 0.664. The third-order valence-electron chi connectivity index (χ3n) is 4.00. The van der Waals surface area contributed by atoms with Gasteiger partial charge in [0.05, 0.1) is 5.69 Å². The molecule has 2 rings (SSSR count). The monoisotopic (exact) mass is 452 g/mol. The van der Waals surface area contributed by atoms with Crippen molar-refractivity contribution in [1.29, 1.82) is 0 Å². The highest BCUT2D eigenvalue weighted by molar-refractivity contribution is 9.10. The molecule has 0 radical (unpaired) electrons. The summed E-state index contributed by atoms with van der Waals surface area (Å²) >= 11 is 4.83. The van der Waals surface area contributed by atoms with Crippen LogP contribution in [0.2, 0.25) is 0 Å². The average Bonchev–Trinajstić information content (AvgIpc) is 2.90. The molecule has 0 unspecified atom stereocenters. The van der Waals surface area contributed by atoms with Gasteiger partial charge in [0.25, 0.3) is 5.91 Å². The van der Waals surface area contributed by atoms with Crippen molar-refractivity contribution >= 4 is 44.2 Å². The molecule has 8 heteroatoms. The second kappa shape index (κ2) is 9.96. The van der Waals surface area contributed by atoms with E-state index in [0.717, 1.165) is 28.0 Å². The fraction of sp³-hybridized carbons (Fsp3) is 0.421. The number of rotatable bonds is 8. The number of aryl methyl sites for hydroxylation is 2. The van der Waals surface area contributed by atoms with E-state index < -0.39 is 0 Å². The second-order valence-corrected chi connectivity index (χ2v) is 8.72. The molecule has 0 spiro atoms. The molecule has 1 aromatic carbocycles. The highest BCUT2D eigenvalue weighted by atomic mass is 79.9. The molecule has 27 heavy (non-hydrogen) atoms. The van der Waals surface area contributed by atoms with E-state index in [9.17, 15) is 9.59 Å². The average molecular weight is 453 g/mol. The maximum atomic E-state index is 12.9. The Labute approximate surface area is 172 Å². The van der Waals surface area contributed by atoms with Crippen LogP contribution in [0.25, 0.3) is 0 Å². The van der Waals surface area contributed by atoms with Crippen molar-refractivity contribution in [3.05, 3.63) is 44.9 Å². The molecule has 1 heterocycles. The Morgan fingerprint density at radius 1 is 1.22 bits per heavy atom. The third kappa shape index (κ3) is 6.71. The summed E-state index contributed by atoms with van der Waals surface area (Å²) in [6.07, 6.45) is 0.787. The molecular formula is C19H25BrN4O2S. The Morgan fingerprint density at radius 2 is 1.96 bits per heavy atom. The standard InChI is InChI=1S/C19H25BrN4O2S/c1-13-14(2)27-19(21-13)22-17(25)12-24(10-6-9-23(3)4)18(26)15-7-5-8-16(20)11-15/h5,7-8,11H,6,9-10,12H2,1-4H3,(H,21,22,25). The number of carbonyl (C=O) groups excluding carboxylic acids is 2. The molecule has 0 atom stereocenters. The van der Waals surface area contributed by atoms with Crippen LogP contribution in [-0.4, -0.2) is 60.3 Å². The molecule has 0 bridgehead atoms. The van der Waals surface area contributed by atoms with Gasteiger partial charge in [-0.3, -0.25) is 9.59 Å². The Kier molecular flexibility index (Phi) is 7.94. The number of benzene rings is 1. The van der Waals surface area contributed by atoms with Gasteiger partial charge < -0.3 is 15.1 Å². The number of hydrogen-bond acceptors (Lipinski definition) is 5. The van der Waals surface area contributed by atoms with Gasteiger partial charge in [-0.15, -0.1) is 11.3 Å². The summed E-state index contributed by atoms with van der Waals surface area (Å²) in [6.45, 7) is 5.22. The molecule has 0 aliphatic heterocycles. The lowest BCUT2D eigenvalue weighted by atomic mass is 10.2. The fourth-order valence-electron chi connectivity index (χ4n) is 2.49. The van der Waals surface area contributed by atoms with E-state index in [1.807, 2.05) is 40.1 Å². The Balaban J connectivity index is 2.08. The maximum absolute atomic E-state index is 12.9. The van der Waals surface area contributed by atoms with Gasteiger partial charge in [0.15, 0.2) is 5.13 Å². The number of anilines is 1. The zero-order valence-corrected chi connectivity index (χ0v) is 18.5. The minimum atomic E-state index is -0.239. The SMILES string of the molecule is Cc1nc(NC(=O)CN(CCCN(C)C)C(=O)c2cccc(Br)c2)sc1C. The van der Waals surface area contributed by atoms with Crippen LogP contribution in [0.4, 0.5) is 5.13 Å². The largest absolute Gasteiger partial charge is 0.329 e. The van der Waals surface area contributed by atoms with E-state index in [-0.39, 0.29) is 18.4 Å². The van der Waals surface area contributed by atoms with Crippen molar-refractivity contribution in [2.45, 2.75) is 20.3 Å². The van der Waals surface area contributed by atoms with E-state index in [4.69, 9.17) is 0 Å². The Morgan fingerprint density at radius 3 is 2.56 bits per heavy atom. The van der Waals surface area contributed by atoms with Gasteiger partial charge in [0.1, 0.15) is 6.54 Å². The molecule has 0 aliphatic carbocycles. The van der Waals surface area contributed by atoms with Gasteiger partial charge in [-0.05, 0) is 59.1 Å². The van der Waals surface area contributed by atoms with Crippen LogP contribution < -0.4 is 5.32 Å². The highest BCUT2D eigenvalue weighted by Crippen LogP contribution is 2.21. The number of thiazole rings is 1. The molecule has 0 saturated carbocycles. The van der Waals surface area contributed by atoms with E-state index in [0.29, 0.717) is 17.2 Å². The van der Waals surface area contributed by atoms with Crippen molar-refractivity contribution < 1.29 is 9.59 Å². The number of nitrogens with zero attached hydrogens (tertiary/aromatic N) is 3. The van der Waals surface area contributed by atoms with Crippen LogP contribution in [0.5, 0.6) is 0 Å². The van der Waals surface area contributed by atoms with Crippen LogP contribution in [0.15, 0.2) is 28.7 Å². The molecule has 1 N–H and O–H groups in total. The van der Waals surface area contributed by atoms with Crippen LogP contribution >= 0.6 is 27.3 Å². The van der Waals surface area contributed by atoms with Crippen LogP contribution in [0.3, 0.4) is 0 Å². The van der Waals surface area contributed by atoms with Gasteiger partial charge in [0.2, 0.25) is 5.91 Å². The van der Waals surface area contributed by atoms with Gasteiger partial charge in [0, 0.05) is 21.5 Å². The van der Waals surface area contributed by atoms with Gasteiger partial charge in [-0.25, -0.2) is 4.98 Å². The summed E-state index contributed by atoms with van der Waals surface area (Å²) in [4.78, 5) is 34.4. The van der Waals surface area contributed by atoms with Crippen molar-refractivity contribution in [2.75, 3.05) is 39.0 Å². The molecule has 6 nitrogen and oxygen atoms in total. The lowest BCUT2D eigenvalue weighted by Crippen LogP contribution is -2.39. The first kappa shape index (κ1) is 21.5. The highest BCUT2D eigenvalue weighted by Gasteiger charge is 2.20.